The number of fused-ring (bicyclic) bond motifs is 1. The quantitative estimate of drug-likeness (QED) is 0.495. The third kappa shape index (κ3) is 4.57. The van der Waals surface area contributed by atoms with E-state index in [1.165, 1.54) is 13.2 Å². The molecule has 35 heavy (non-hydrogen) atoms. The Morgan fingerprint density at radius 3 is 2.69 bits per heavy atom. The molecule has 2 aliphatic rings. The highest BCUT2D eigenvalue weighted by molar-refractivity contribution is 5.71. The van der Waals surface area contributed by atoms with Crippen molar-refractivity contribution in [3.63, 3.8) is 0 Å². The van der Waals surface area contributed by atoms with E-state index in [0.29, 0.717) is 28.9 Å². The van der Waals surface area contributed by atoms with E-state index in [1.807, 2.05) is 13.0 Å². The van der Waals surface area contributed by atoms with Crippen LogP contribution in [0.25, 0.3) is 11.3 Å². The third-order valence-electron chi connectivity index (χ3n) is 7.08. The number of halogens is 1. The first-order valence-electron chi connectivity index (χ1n) is 11.9. The van der Waals surface area contributed by atoms with Crippen molar-refractivity contribution in [1.82, 2.24) is 15.0 Å². The molecule has 1 aliphatic heterocycles. The van der Waals surface area contributed by atoms with Gasteiger partial charge in [0.25, 0.3) is 0 Å². The molecule has 3 heterocycles. The Morgan fingerprint density at radius 1 is 1.20 bits per heavy atom. The van der Waals surface area contributed by atoms with Gasteiger partial charge in [-0.15, -0.1) is 0 Å². The van der Waals surface area contributed by atoms with E-state index in [-0.39, 0.29) is 17.6 Å². The number of aryl methyl sites for hydroxylation is 2. The Balaban J connectivity index is 1.41. The lowest BCUT2D eigenvalue weighted by molar-refractivity contribution is -0.142. The number of rotatable bonds is 7. The zero-order valence-electron chi connectivity index (χ0n) is 20.0. The summed E-state index contributed by atoms with van der Waals surface area (Å²) in [6.45, 7) is 3.63. The molecule has 2 aromatic heterocycles. The molecule has 1 N–H and O–H groups in total. The summed E-state index contributed by atoms with van der Waals surface area (Å²) in [5.74, 6) is -0.253. The SMILES string of the molecule is COc1cc(-c2cnc(C3CCc4ccc([C@H](C5CC5)[C@H](C)C(=O)O)cc4O3)c(C)n2)c(F)cn1. The summed E-state index contributed by atoms with van der Waals surface area (Å²) < 4.78 is 25.9. The molecule has 1 aliphatic carbocycles. The van der Waals surface area contributed by atoms with Gasteiger partial charge in [0, 0.05) is 11.6 Å². The van der Waals surface area contributed by atoms with Crippen LogP contribution in [0, 0.1) is 24.6 Å². The van der Waals surface area contributed by atoms with Crippen LogP contribution in [0.1, 0.15) is 60.7 Å². The van der Waals surface area contributed by atoms with Gasteiger partial charge in [0.1, 0.15) is 17.5 Å². The van der Waals surface area contributed by atoms with Crippen LogP contribution in [0.5, 0.6) is 11.6 Å². The van der Waals surface area contributed by atoms with Gasteiger partial charge in [0.15, 0.2) is 5.82 Å². The molecule has 0 spiro atoms. The topological polar surface area (TPSA) is 94.4 Å². The number of pyridine rings is 1. The predicted molar refractivity (Wildman–Crippen MR) is 127 cm³/mol. The van der Waals surface area contributed by atoms with Crippen LogP contribution in [-0.4, -0.2) is 33.1 Å². The number of ether oxygens (including phenoxy) is 2. The lowest BCUT2D eigenvalue weighted by Gasteiger charge is -2.28. The summed E-state index contributed by atoms with van der Waals surface area (Å²) in [7, 11) is 1.48. The molecule has 1 saturated carbocycles. The number of hydrogen-bond donors (Lipinski definition) is 1. The Labute approximate surface area is 203 Å². The number of carbonyl (C=O) groups is 1. The highest BCUT2D eigenvalue weighted by atomic mass is 19.1. The monoisotopic (exact) mass is 477 g/mol. The summed E-state index contributed by atoms with van der Waals surface area (Å²) >= 11 is 0. The van der Waals surface area contributed by atoms with Crippen LogP contribution in [0.3, 0.4) is 0 Å². The second kappa shape index (κ2) is 9.24. The zero-order valence-corrected chi connectivity index (χ0v) is 20.0. The van der Waals surface area contributed by atoms with Crippen molar-refractivity contribution in [3.8, 4) is 22.9 Å². The molecule has 3 atom stereocenters. The van der Waals surface area contributed by atoms with Crippen molar-refractivity contribution < 1.29 is 23.8 Å². The minimum atomic E-state index is -0.771. The lowest BCUT2D eigenvalue weighted by Crippen LogP contribution is -2.22. The molecule has 1 unspecified atom stereocenters. The number of hydrogen-bond acceptors (Lipinski definition) is 6. The number of aromatic nitrogens is 3. The average Bonchev–Trinajstić information content (AvgIpc) is 3.69. The Kier molecular flexibility index (Phi) is 6.13. The maximum atomic E-state index is 14.4. The van der Waals surface area contributed by atoms with E-state index in [4.69, 9.17) is 9.47 Å². The van der Waals surface area contributed by atoms with Crippen molar-refractivity contribution in [1.29, 1.82) is 0 Å². The maximum absolute atomic E-state index is 14.4. The van der Waals surface area contributed by atoms with Crippen molar-refractivity contribution in [2.24, 2.45) is 11.8 Å². The molecule has 3 aromatic rings. The van der Waals surface area contributed by atoms with Crippen LogP contribution in [-0.2, 0) is 11.2 Å². The Hall–Kier alpha value is -3.55. The lowest BCUT2D eigenvalue weighted by atomic mass is 9.82. The molecule has 0 saturated heterocycles. The van der Waals surface area contributed by atoms with E-state index in [2.05, 4.69) is 27.1 Å². The highest BCUT2D eigenvalue weighted by Gasteiger charge is 2.39. The van der Waals surface area contributed by atoms with Crippen LogP contribution in [0.15, 0.2) is 36.7 Å². The van der Waals surface area contributed by atoms with Crippen molar-refractivity contribution in [2.45, 2.75) is 51.6 Å². The van der Waals surface area contributed by atoms with Gasteiger partial charge in [-0.05, 0) is 61.6 Å². The largest absolute Gasteiger partial charge is 0.484 e. The molecule has 0 bridgehead atoms. The number of carboxylic acids is 1. The Morgan fingerprint density at radius 2 is 2.00 bits per heavy atom. The van der Waals surface area contributed by atoms with Gasteiger partial charge in [-0.3, -0.25) is 9.78 Å². The van der Waals surface area contributed by atoms with Crippen LogP contribution in [0.2, 0.25) is 0 Å². The summed E-state index contributed by atoms with van der Waals surface area (Å²) in [4.78, 5) is 24.8. The van der Waals surface area contributed by atoms with Gasteiger partial charge < -0.3 is 14.6 Å². The fourth-order valence-corrected chi connectivity index (χ4v) is 5.03. The summed E-state index contributed by atoms with van der Waals surface area (Å²) in [6, 6.07) is 7.63. The fraction of sp³-hybridized carbons (Fsp3) is 0.407. The molecular formula is C27H28FN3O4. The average molecular weight is 478 g/mol. The van der Waals surface area contributed by atoms with E-state index in [0.717, 1.165) is 48.8 Å². The standard InChI is InChI=1S/C27H28FN3O4/c1-14(27(32)33)25(17-5-6-17)18-7-4-16-8-9-22(35-23(16)10-18)26-15(2)31-21(13-30-26)19-11-24(34-3)29-12-20(19)28/h4,7,10-14,17,22,25H,5-6,8-9H2,1-3H3,(H,32,33)/t14-,22?,25-/m0/s1. The number of carboxylic acid groups (broad SMARTS) is 1. The number of methoxy groups -OCH3 is 1. The van der Waals surface area contributed by atoms with Gasteiger partial charge >= 0.3 is 5.97 Å². The van der Waals surface area contributed by atoms with Crippen molar-refractivity contribution >= 4 is 5.97 Å². The second-order valence-corrected chi connectivity index (χ2v) is 9.43. The van der Waals surface area contributed by atoms with Crippen molar-refractivity contribution in [2.75, 3.05) is 7.11 Å². The zero-order chi connectivity index (χ0) is 24.7. The molecule has 0 radical (unpaired) electrons. The van der Waals surface area contributed by atoms with Crippen molar-refractivity contribution in [3.05, 3.63) is 65.0 Å². The van der Waals surface area contributed by atoms with E-state index in [1.54, 1.807) is 13.1 Å². The highest BCUT2D eigenvalue weighted by Crippen LogP contribution is 2.48. The molecule has 1 fully saturated rings. The first-order chi connectivity index (χ1) is 16.9. The van der Waals surface area contributed by atoms with E-state index in [9.17, 15) is 14.3 Å². The van der Waals surface area contributed by atoms with Crippen LogP contribution < -0.4 is 9.47 Å². The number of benzene rings is 1. The minimum Gasteiger partial charge on any atom is -0.484 e. The number of nitrogens with zero attached hydrogens (tertiary/aromatic N) is 3. The number of aliphatic carboxylic acids is 1. The van der Waals surface area contributed by atoms with Gasteiger partial charge in [0.2, 0.25) is 5.88 Å². The Bertz CT molecular complexity index is 1280. The molecule has 182 valence electrons. The first-order valence-corrected chi connectivity index (χ1v) is 11.9. The van der Waals surface area contributed by atoms with E-state index < -0.39 is 17.7 Å². The molecule has 1 aromatic carbocycles. The second-order valence-electron chi connectivity index (χ2n) is 9.43. The van der Waals surface area contributed by atoms with Gasteiger partial charge in [-0.1, -0.05) is 19.1 Å². The predicted octanol–water partition coefficient (Wildman–Crippen LogP) is 5.28. The molecule has 0 amide bonds. The fourth-order valence-electron chi connectivity index (χ4n) is 5.03. The normalized spacial score (nSPS) is 18.8. The smallest absolute Gasteiger partial charge is 0.306 e. The van der Waals surface area contributed by atoms with Gasteiger partial charge in [-0.25, -0.2) is 14.4 Å². The maximum Gasteiger partial charge on any atom is 0.306 e. The van der Waals surface area contributed by atoms with Gasteiger partial charge in [-0.2, -0.15) is 0 Å². The summed E-state index contributed by atoms with van der Waals surface area (Å²) in [6.07, 6.45) is 6.07. The molecule has 5 rings (SSSR count). The van der Waals surface area contributed by atoms with Gasteiger partial charge in [0.05, 0.1) is 36.8 Å². The van der Waals surface area contributed by atoms with Crippen LogP contribution in [0.4, 0.5) is 4.39 Å². The summed E-state index contributed by atoms with van der Waals surface area (Å²) in [5.41, 5.74) is 4.18. The molecule has 8 heteroatoms. The minimum absolute atomic E-state index is 0.0187. The third-order valence-corrected chi connectivity index (χ3v) is 7.08. The molecular weight excluding hydrogens is 449 g/mol. The summed E-state index contributed by atoms with van der Waals surface area (Å²) in [5, 5.41) is 9.62. The van der Waals surface area contributed by atoms with Crippen LogP contribution >= 0.6 is 0 Å². The first kappa shape index (κ1) is 23.2. The molecule has 7 nitrogen and oxygen atoms in total. The van der Waals surface area contributed by atoms with E-state index >= 15 is 0 Å².